The van der Waals surface area contributed by atoms with Crippen molar-refractivity contribution in [2.24, 2.45) is 0 Å². The molecule has 2 heterocycles. The highest BCUT2D eigenvalue weighted by Gasteiger charge is 2.32. The minimum atomic E-state index is -4.58. The summed E-state index contributed by atoms with van der Waals surface area (Å²) in [6, 6.07) is 6.07. The summed E-state index contributed by atoms with van der Waals surface area (Å²) in [5.74, 6) is -2.37. The van der Waals surface area contributed by atoms with Gasteiger partial charge in [-0.05, 0) is 60.7 Å². The zero-order valence-corrected chi connectivity index (χ0v) is 16.0. The van der Waals surface area contributed by atoms with E-state index >= 15 is 0 Å². The number of amides is 1. The van der Waals surface area contributed by atoms with Crippen molar-refractivity contribution in [1.29, 1.82) is 0 Å². The fourth-order valence-corrected chi connectivity index (χ4v) is 3.66. The molecule has 1 aromatic carbocycles. The number of hydrogen-bond acceptors (Lipinski definition) is 3. The van der Waals surface area contributed by atoms with E-state index in [1.165, 1.54) is 6.07 Å². The van der Waals surface area contributed by atoms with E-state index in [9.17, 15) is 26.7 Å². The lowest BCUT2D eigenvalue weighted by molar-refractivity contribution is -0.141. The molecule has 0 saturated heterocycles. The van der Waals surface area contributed by atoms with E-state index < -0.39 is 35.5 Å². The van der Waals surface area contributed by atoms with Crippen molar-refractivity contribution in [3.63, 3.8) is 0 Å². The van der Waals surface area contributed by atoms with E-state index in [0.717, 1.165) is 36.4 Å². The highest BCUT2D eigenvalue weighted by Crippen LogP contribution is 2.34. The Morgan fingerprint density at radius 3 is 2.48 bits per heavy atom. The van der Waals surface area contributed by atoms with Gasteiger partial charge in [0.15, 0.2) is 0 Å². The first-order chi connectivity index (χ1) is 14.7. The van der Waals surface area contributed by atoms with Crippen LogP contribution < -0.4 is 5.32 Å². The summed E-state index contributed by atoms with van der Waals surface area (Å²) in [5, 5.41) is 2.77. The molecule has 1 atom stereocenters. The van der Waals surface area contributed by atoms with E-state index in [4.69, 9.17) is 0 Å². The number of pyridine rings is 2. The van der Waals surface area contributed by atoms with Gasteiger partial charge in [-0.15, -0.1) is 0 Å². The minimum absolute atomic E-state index is 0.150. The first kappa shape index (κ1) is 20.9. The van der Waals surface area contributed by atoms with Gasteiger partial charge < -0.3 is 5.32 Å². The third-order valence-corrected chi connectivity index (χ3v) is 5.11. The third kappa shape index (κ3) is 4.55. The van der Waals surface area contributed by atoms with Crippen molar-refractivity contribution in [2.45, 2.75) is 31.5 Å². The van der Waals surface area contributed by atoms with E-state index in [1.807, 2.05) is 0 Å². The average molecular weight is 433 g/mol. The molecule has 31 heavy (non-hydrogen) atoms. The van der Waals surface area contributed by atoms with Gasteiger partial charge >= 0.3 is 6.18 Å². The highest BCUT2D eigenvalue weighted by atomic mass is 19.4. The summed E-state index contributed by atoms with van der Waals surface area (Å²) in [6.45, 7) is 0. The van der Waals surface area contributed by atoms with Crippen LogP contribution in [0.2, 0.25) is 0 Å². The quantitative estimate of drug-likeness (QED) is 0.575. The molecule has 0 fully saturated rings. The lowest BCUT2D eigenvalue weighted by Crippen LogP contribution is -2.31. The number of rotatable bonds is 3. The number of halogens is 5. The molecule has 0 saturated carbocycles. The molecule has 4 nitrogen and oxygen atoms in total. The molecule has 0 bridgehead atoms. The number of nitrogens with one attached hydrogen (secondary N) is 1. The van der Waals surface area contributed by atoms with Gasteiger partial charge in [0.25, 0.3) is 5.91 Å². The fraction of sp³-hybridized carbons (Fsp3) is 0.227. The lowest BCUT2D eigenvalue weighted by Gasteiger charge is -2.27. The predicted octanol–water partition coefficient (Wildman–Crippen LogP) is 5.25. The third-order valence-electron chi connectivity index (χ3n) is 5.11. The molecule has 1 aliphatic carbocycles. The van der Waals surface area contributed by atoms with Crippen molar-refractivity contribution in [1.82, 2.24) is 15.3 Å². The second-order valence-electron chi connectivity index (χ2n) is 7.27. The Morgan fingerprint density at radius 2 is 1.77 bits per heavy atom. The standard InChI is InChI=1S/C22H16F5N3O/c23-15-6-14(7-16(24)9-15)21(31)30-18-3-1-2-13-11-29-19(10-17(13)18)12-4-5-28-20(8-12)22(25,26)27/h4-11,18H,1-3H2,(H,30,31)/t18-/m1/s1. The van der Waals surface area contributed by atoms with Crippen LogP contribution in [0.3, 0.4) is 0 Å². The zero-order chi connectivity index (χ0) is 22.2. The second kappa shape index (κ2) is 8.05. The number of nitrogens with zero attached hydrogens (tertiary/aromatic N) is 2. The Hall–Kier alpha value is -3.36. The molecule has 3 aromatic rings. The van der Waals surface area contributed by atoms with Crippen LogP contribution in [0.25, 0.3) is 11.3 Å². The van der Waals surface area contributed by atoms with Gasteiger partial charge in [0.1, 0.15) is 17.3 Å². The number of fused-ring (bicyclic) bond motifs is 1. The van der Waals surface area contributed by atoms with E-state index in [2.05, 4.69) is 15.3 Å². The molecular formula is C22H16F5N3O. The van der Waals surface area contributed by atoms with Gasteiger partial charge in [0.05, 0.1) is 11.7 Å². The summed E-state index contributed by atoms with van der Waals surface area (Å²) in [7, 11) is 0. The summed E-state index contributed by atoms with van der Waals surface area (Å²) >= 11 is 0. The molecule has 9 heteroatoms. The molecule has 0 aliphatic heterocycles. The maximum Gasteiger partial charge on any atom is 0.433 e. The molecule has 0 unspecified atom stereocenters. The first-order valence-corrected chi connectivity index (χ1v) is 9.50. The molecule has 1 amide bonds. The SMILES string of the molecule is O=C(N[C@@H]1CCCc2cnc(-c3ccnc(C(F)(F)F)c3)cc21)c1cc(F)cc(F)c1. The topological polar surface area (TPSA) is 54.9 Å². The number of carbonyl (C=O) groups excluding carboxylic acids is 1. The second-order valence-corrected chi connectivity index (χ2v) is 7.27. The predicted molar refractivity (Wildman–Crippen MR) is 102 cm³/mol. The van der Waals surface area contributed by atoms with Gasteiger partial charge in [-0.1, -0.05) is 0 Å². The van der Waals surface area contributed by atoms with E-state index in [0.29, 0.717) is 30.2 Å². The fourth-order valence-electron chi connectivity index (χ4n) is 3.66. The molecular weight excluding hydrogens is 417 g/mol. The summed E-state index contributed by atoms with van der Waals surface area (Å²) in [6.07, 6.45) is 0.0956. The molecule has 0 spiro atoms. The van der Waals surface area contributed by atoms with Crippen LogP contribution in [0.5, 0.6) is 0 Å². The number of aromatic nitrogens is 2. The van der Waals surface area contributed by atoms with Crippen LogP contribution in [0.15, 0.2) is 48.8 Å². The Kier molecular flexibility index (Phi) is 5.43. The first-order valence-electron chi connectivity index (χ1n) is 9.50. The Morgan fingerprint density at radius 1 is 1.03 bits per heavy atom. The number of hydrogen-bond donors (Lipinski definition) is 1. The molecule has 2 aromatic heterocycles. The molecule has 0 radical (unpaired) electrons. The van der Waals surface area contributed by atoms with E-state index in [-0.39, 0.29) is 11.1 Å². The van der Waals surface area contributed by atoms with Crippen LogP contribution >= 0.6 is 0 Å². The minimum Gasteiger partial charge on any atom is -0.345 e. The normalized spacial score (nSPS) is 16.0. The Labute approximate surface area is 174 Å². The van der Waals surface area contributed by atoms with Crippen LogP contribution in [-0.2, 0) is 12.6 Å². The lowest BCUT2D eigenvalue weighted by atomic mass is 9.87. The molecule has 1 N–H and O–H groups in total. The summed E-state index contributed by atoms with van der Waals surface area (Å²) in [5.41, 5.74) is 0.950. The number of carbonyl (C=O) groups is 1. The summed E-state index contributed by atoms with van der Waals surface area (Å²) < 4.78 is 65.9. The maximum absolute atomic E-state index is 13.4. The maximum atomic E-state index is 13.4. The van der Waals surface area contributed by atoms with E-state index in [1.54, 1.807) is 12.3 Å². The highest BCUT2D eigenvalue weighted by molar-refractivity contribution is 5.94. The van der Waals surface area contributed by atoms with Crippen molar-refractivity contribution >= 4 is 5.91 Å². The van der Waals surface area contributed by atoms with Crippen molar-refractivity contribution < 1.29 is 26.7 Å². The smallest absolute Gasteiger partial charge is 0.345 e. The van der Waals surface area contributed by atoms with Crippen LogP contribution in [0.1, 0.15) is 46.1 Å². The monoisotopic (exact) mass is 433 g/mol. The average Bonchev–Trinajstić information content (AvgIpc) is 2.72. The zero-order valence-electron chi connectivity index (χ0n) is 16.0. The number of benzene rings is 1. The molecule has 1 aliphatic rings. The number of aryl methyl sites for hydroxylation is 1. The van der Waals surface area contributed by atoms with Gasteiger partial charge in [0.2, 0.25) is 0 Å². The summed E-state index contributed by atoms with van der Waals surface area (Å²) in [4.78, 5) is 20.2. The van der Waals surface area contributed by atoms with Crippen molar-refractivity contribution in [3.05, 3.63) is 82.8 Å². The largest absolute Gasteiger partial charge is 0.433 e. The molecule has 4 rings (SSSR count). The Balaban J connectivity index is 1.65. The van der Waals surface area contributed by atoms with Gasteiger partial charge in [0, 0.05) is 29.6 Å². The van der Waals surface area contributed by atoms with Gasteiger partial charge in [-0.3, -0.25) is 14.8 Å². The van der Waals surface area contributed by atoms with Gasteiger partial charge in [-0.25, -0.2) is 8.78 Å². The Bertz CT molecular complexity index is 1130. The van der Waals surface area contributed by atoms with Gasteiger partial charge in [-0.2, -0.15) is 13.2 Å². The van der Waals surface area contributed by atoms with Crippen LogP contribution in [0, 0.1) is 11.6 Å². The van der Waals surface area contributed by atoms with Crippen molar-refractivity contribution in [2.75, 3.05) is 0 Å². The van der Waals surface area contributed by atoms with Crippen molar-refractivity contribution in [3.8, 4) is 11.3 Å². The number of alkyl halides is 3. The van der Waals surface area contributed by atoms with Crippen LogP contribution in [-0.4, -0.2) is 15.9 Å². The molecule has 160 valence electrons. The van der Waals surface area contributed by atoms with Crippen LogP contribution in [0.4, 0.5) is 22.0 Å².